The second-order valence-corrected chi connectivity index (χ2v) is 5.30. The summed E-state index contributed by atoms with van der Waals surface area (Å²) in [6, 6.07) is 8.64. The van der Waals surface area contributed by atoms with Gasteiger partial charge in [-0.1, -0.05) is 24.3 Å². The molecule has 1 aromatic carbocycles. The van der Waals surface area contributed by atoms with Crippen molar-refractivity contribution in [1.29, 1.82) is 0 Å². The van der Waals surface area contributed by atoms with Gasteiger partial charge in [0, 0.05) is 6.54 Å². The Morgan fingerprint density at radius 3 is 2.65 bits per heavy atom. The average molecular weight is 232 g/mol. The zero-order chi connectivity index (χ0) is 12.1. The first-order valence-electron chi connectivity index (χ1n) is 6.69. The van der Waals surface area contributed by atoms with Crippen LogP contribution in [0.2, 0.25) is 0 Å². The number of hydrogen-bond donors (Lipinski definition) is 1. The van der Waals surface area contributed by atoms with Crippen LogP contribution in [0, 0.1) is 12.8 Å². The number of likely N-dealkylation sites (tertiary alicyclic amines) is 1. The molecule has 0 saturated carbocycles. The molecule has 2 nitrogen and oxygen atoms in total. The van der Waals surface area contributed by atoms with Crippen LogP contribution in [-0.2, 0) is 6.54 Å². The average Bonchev–Trinajstić information content (AvgIpc) is 2.34. The van der Waals surface area contributed by atoms with Crippen LogP contribution in [0.15, 0.2) is 24.3 Å². The monoisotopic (exact) mass is 232 g/mol. The van der Waals surface area contributed by atoms with E-state index in [-0.39, 0.29) is 0 Å². The van der Waals surface area contributed by atoms with Gasteiger partial charge in [0.1, 0.15) is 0 Å². The van der Waals surface area contributed by atoms with Crippen molar-refractivity contribution in [1.82, 2.24) is 10.2 Å². The highest BCUT2D eigenvalue weighted by atomic mass is 15.1. The number of piperidine rings is 1. The molecule has 0 spiro atoms. The predicted molar refractivity (Wildman–Crippen MR) is 73.1 cm³/mol. The molecular weight excluding hydrogens is 208 g/mol. The summed E-state index contributed by atoms with van der Waals surface area (Å²) in [5.41, 5.74) is 2.82. The van der Waals surface area contributed by atoms with Gasteiger partial charge in [0.2, 0.25) is 0 Å². The molecule has 2 heteroatoms. The van der Waals surface area contributed by atoms with Gasteiger partial charge >= 0.3 is 0 Å². The third kappa shape index (κ3) is 3.83. The standard InChI is InChI=1S/C15H24N2/c1-13-5-3-4-6-15(13)12-16-11-14-7-9-17(2)10-8-14/h3-6,14,16H,7-12H2,1-2H3. The fourth-order valence-electron chi connectivity index (χ4n) is 2.49. The van der Waals surface area contributed by atoms with E-state index >= 15 is 0 Å². The largest absolute Gasteiger partial charge is 0.312 e. The van der Waals surface area contributed by atoms with Gasteiger partial charge in [0.05, 0.1) is 0 Å². The molecule has 1 saturated heterocycles. The number of nitrogens with zero attached hydrogens (tertiary/aromatic N) is 1. The highest BCUT2D eigenvalue weighted by Crippen LogP contribution is 2.15. The third-order valence-electron chi connectivity index (χ3n) is 3.85. The lowest BCUT2D eigenvalue weighted by Crippen LogP contribution is -2.34. The molecule has 1 aromatic rings. The lowest BCUT2D eigenvalue weighted by Gasteiger charge is -2.29. The molecule has 1 heterocycles. The molecule has 0 radical (unpaired) electrons. The molecule has 0 atom stereocenters. The summed E-state index contributed by atoms with van der Waals surface area (Å²) in [5, 5.41) is 3.61. The molecule has 94 valence electrons. The maximum Gasteiger partial charge on any atom is 0.0208 e. The van der Waals surface area contributed by atoms with Crippen LogP contribution in [-0.4, -0.2) is 31.6 Å². The Hall–Kier alpha value is -0.860. The van der Waals surface area contributed by atoms with Crippen molar-refractivity contribution in [3.63, 3.8) is 0 Å². The van der Waals surface area contributed by atoms with Gasteiger partial charge in [-0.25, -0.2) is 0 Å². The predicted octanol–water partition coefficient (Wildman–Crippen LogP) is 2.43. The Bertz CT molecular complexity index is 341. The number of aryl methyl sites for hydroxylation is 1. The van der Waals surface area contributed by atoms with E-state index in [1.165, 1.54) is 43.6 Å². The molecule has 0 aliphatic carbocycles. The first-order valence-corrected chi connectivity index (χ1v) is 6.69. The second-order valence-electron chi connectivity index (χ2n) is 5.30. The zero-order valence-electron chi connectivity index (χ0n) is 11.1. The van der Waals surface area contributed by atoms with Crippen molar-refractivity contribution in [2.75, 3.05) is 26.7 Å². The highest BCUT2D eigenvalue weighted by Gasteiger charge is 2.15. The lowest BCUT2D eigenvalue weighted by atomic mass is 9.97. The number of hydrogen-bond acceptors (Lipinski definition) is 2. The van der Waals surface area contributed by atoms with E-state index in [9.17, 15) is 0 Å². The van der Waals surface area contributed by atoms with Gasteiger partial charge in [-0.15, -0.1) is 0 Å². The Morgan fingerprint density at radius 1 is 1.24 bits per heavy atom. The van der Waals surface area contributed by atoms with E-state index in [0.29, 0.717) is 0 Å². The van der Waals surface area contributed by atoms with E-state index in [4.69, 9.17) is 0 Å². The minimum Gasteiger partial charge on any atom is -0.312 e. The third-order valence-corrected chi connectivity index (χ3v) is 3.85. The van der Waals surface area contributed by atoms with Crippen LogP contribution in [0.5, 0.6) is 0 Å². The van der Waals surface area contributed by atoms with Crippen molar-refractivity contribution >= 4 is 0 Å². The van der Waals surface area contributed by atoms with E-state index < -0.39 is 0 Å². The summed E-state index contributed by atoms with van der Waals surface area (Å²) in [6.45, 7) is 6.89. The first kappa shape index (κ1) is 12.6. The van der Waals surface area contributed by atoms with Crippen molar-refractivity contribution in [3.05, 3.63) is 35.4 Å². The topological polar surface area (TPSA) is 15.3 Å². The Labute approximate surface area is 105 Å². The van der Waals surface area contributed by atoms with Crippen LogP contribution in [0.3, 0.4) is 0 Å². The molecule has 17 heavy (non-hydrogen) atoms. The SMILES string of the molecule is Cc1ccccc1CNCC1CCN(C)CC1. The molecule has 1 aliphatic heterocycles. The van der Waals surface area contributed by atoms with Gasteiger partial charge in [0.15, 0.2) is 0 Å². The van der Waals surface area contributed by atoms with E-state index in [1.54, 1.807) is 0 Å². The highest BCUT2D eigenvalue weighted by molar-refractivity contribution is 5.25. The maximum atomic E-state index is 3.61. The van der Waals surface area contributed by atoms with Crippen molar-refractivity contribution in [3.8, 4) is 0 Å². The quantitative estimate of drug-likeness (QED) is 0.857. The molecule has 1 aliphatic rings. The fraction of sp³-hybridized carbons (Fsp3) is 0.600. The van der Waals surface area contributed by atoms with Crippen LogP contribution in [0.1, 0.15) is 24.0 Å². The first-order chi connectivity index (χ1) is 8.25. The Morgan fingerprint density at radius 2 is 1.94 bits per heavy atom. The molecule has 1 fully saturated rings. The molecule has 0 aromatic heterocycles. The van der Waals surface area contributed by atoms with Gasteiger partial charge in [0.25, 0.3) is 0 Å². The van der Waals surface area contributed by atoms with E-state index in [2.05, 4.69) is 48.5 Å². The lowest BCUT2D eigenvalue weighted by molar-refractivity contribution is 0.216. The van der Waals surface area contributed by atoms with Crippen LogP contribution in [0.4, 0.5) is 0 Å². The molecule has 2 rings (SSSR count). The summed E-state index contributed by atoms with van der Waals surface area (Å²) < 4.78 is 0. The zero-order valence-corrected chi connectivity index (χ0v) is 11.1. The molecule has 0 amide bonds. The van der Waals surface area contributed by atoms with Crippen molar-refractivity contribution < 1.29 is 0 Å². The molecule has 0 unspecified atom stereocenters. The summed E-state index contributed by atoms with van der Waals surface area (Å²) in [5.74, 6) is 0.871. The summed E-state index contributed by atoms with van der Waals surface area (Å²) in [4.78, 5) is 2.43. The van der Waals surface area contributed by atoms with Crippen LogP contribution < -0.4 is 5.32 Å². The molecule has 0 bridgehead atoms. The van der Waals surface area contributed by atoms with Crippen molar-refractivity contribution in [2.24, 2.45) is 5.92 Å². The Balaban J connectivity index is 1.71. The van der Waals surface area contributed by atoms with E-state index in [1.807, 2.05) is 0 Å². The minimum atomic E-state index is 0.871. The fourth-order valence-corrected chi connectivity index (χ4v) is 2.49. The smallest absolute Gasteiger partial charge is 0.0208 e. The van der Waals surface area contributed by atoms with Gasteiger partial charge < -0.3 is 10.2 Å². The van der Waals surface area contributed by atoms with E-state index in [0.717, 1.165) is 12.5 Å². The number of nitrogens with one attached hydrogen (secondary N) is 1. The van der Waals surface area contributed by atoms with Gasteiger partial charge in [-0.2, -0.15) is 0 Å². The van der Waals surface area contributed by atoms with Crippen LogP contribution in [0.25, 0.3) is 0 Å². The second kappa shape index (κ2) is 6.18. The number of benzene rings is 1. The summed E-state index contributed by atoms with van der Waals surface area (Å²) >= 11 is 0. The summed E-state index contributed by atoms with van der Waals surface area (Å²) in [6.07, 6.45) is 2.69. The Kier molecular flexibility index (Phi) is 4.57. The van der Waals surface area contributed by atoms with Crippen molar-refractivity contribution in [2.45, 2.75) is 26.3 Å². The normalized spacial score (nSPS) is 18.5. The van der Waals surface area contributed by atoms with Gasteiger partial charge in [-0.3, -0.25) is 0 Å². The summed E-state index contributed by atoms with van der Waals surface area (Å²) in [7, 11) is 2.22. The van der Waals surface area contributed by atoms with Crippen LogP contribution >= 0.6 is 0 Å². The molecular formula is C15H24N2. The maximum absolute atomic E-state index is 3.61. The number of rotatable bonds is 4. The molecule has 1 N–H and O–H groups in total. The minimum absolute atomic E-state index is 0.871. The van der Waals surface area contributed by atoms with Gasteiger partial charge in [-0.05, 0) is 63.5 Å².